The number of nitrogens with one attached hydrogen (secondary N) is 1. The summed E-state index contributed by atoms with van der Waals surface area (Å²) in [6.07, 6.45) is 6.82. The summed E-state index contributed by atoms with van der Waals surface area (Å²) in [7, 11) is 0. The first-order chi connectivity index (χ1) is 9.14. The van der Waals surface area contributed by atoms with Gasteiger partial charge in [-0.3, -0.25) is 4.79 Å². The minimum absolute atomic E-state index is 0.231. The summed E-state index contributed by atoms with van der Waals surface area (Å²) in [5.74, 6) is 0.231. The minimum atomic E-state index is -0.541. The highest BCUT2D eigenvalue weighted by atomic mass is 16.5. The van der Waals surface area contributed by atoms with E-state index >= 15 is 0 Å². The number of hydrogen-bond donors (Lipinski definition) is 1. The van der Waals surface area contributed by atoms with Crippen LogP contribution in [0.5, 0.6) is 0 Å². The average Bonchev–Trinajstić information content (AvgIpc) is 2.87. The lowest BCUT2D eigenvalue weighted by Gasteiger charge is -2.46. The largest absolute Gasteiger partial charge is 0.365 e. The van der Waals surface area contributed by atoms with Crippen molar-refractivity contribution in [3.8, 4) is 0 Å². The van der Waals surface area contributed by atoms with Gasteiger partial charge >= 0.3 is 0 Å². The number of hydrogen-bond acceptors (Lipinski definition) is 3. The fourth-order valence-electron chi connectivity index (χ4n) is 4.04. The molecule has 0 aliphatic carbocycles. The second-order valence-electron chi connectivity index (χ2n) is 6.79. The summed E-state index contributed by atoms with van der Waals surface area (Å²) in [5.41, 5.74) is -0.207. The zero-order chi connectivity index (χ0) is 13.3. The van der Waals surface area contributed by atoms with Crippen LogP contribution in [0.3, 0.4) is 0 Å². The van der Waals surface area contributed by atoms with E-state index in [2.05, 4.69) is 10.2 Å². The standard InChI is InChI=1S/C15H26N2O2/c1-14(5-4-10-19-14)13(18)17-9-3-7-15(12-17)6-2-8-16-11-15/h16H,2-12H2,1H3. The number of carbonyl (C=O) groups excluding carboxylic acids is 1. The minimum Gasteiger partial charge on any atom is -0.365 e. The van der Waals surface area contributed by atoms with Crippen LogP contribution in [-0.4, -0.2) is 49.2 Å². The van der Waals surface area contributed by atoms with Crippen LogP contribution in [0.2, 0.25) is 0 Å². The lowest BCUT2D eigenvalue weighted by Crippen LogP contribution is -2.56. The molecule has 3 fully saturated rings. The van der Waals surface area contributed by atoms with Gasteiger partial charge in [-0.25, -0.2) is 0 Å². The number of likely N-dealkylation sites (tertiary alicyclic amines) is 1. The first-order valence-corrected chi connectivity index (χ1v) is 7.78. The summed E-state index contributed by atoms with van der Waals surface area (Å²) in [6.45, 7) is 6.77. The smallest absolute Gasteiger partial charge is 0.254 e. The molecule has 1 N–H and O–H groups in total. The molecule has 0 bridgehead atoms. The van der Waals surface area contributed by atoms with Crippen molar-refractivity contribution in [1.29, 1.82) is 0 Å². The van der Waals surface area contributed by atoms with E-state index in [-0.39, 0.29) is 5.91 Å². The predicted molar refractivity (Wildman–Crippen MR) is 73.9 cm³/mol. The molecule has 19 heavy (non-hydrogen) atoms. The number of rotatable bonds is 1. The fourth-order valence-corrected chi connectivity index (χ4v) is 4.04. The van der Waals surface area contributed by atoms with Crippen molar-refractivity contribution >= 4 is 5.91 Å². The van der Waals surface area contributed by atoms with Gasteiger partial charge in [0.05, 0.1) is 0 Å². The maximum absolute atomic E-state index is 12.7. The van der Waals surface area contributed by atoms with Gasteiger partial charge in [-0.2, -0.15) is 0 Å². The van der Waals surface area contributed by atoms with Crippen LogP contribution in [-0.2, 0) is 9.53 Å². The molecule has 0 saturated carbocycles. The molecule has 1 spiro atoms. The molecule has 4 heteroatoms. The number of nitrogens with zero attached hydrogens (tertiary/aromatic N) is 1. The zero-order valence-electron chi connectivity index (χ0n) is 12.0. The molecular weight excluding hydrogens is 240 g/mol. The lowest BCUT2D eigenvalue weighted by molar-refractivity contribution is -0.155. The molecule has 3 heterocycles. The Morgan fingerprint density at radius 1 is 1.21 bits per heavy atom. The maximum Gasteiger partial charge on any atom is 0.254 e. The molecule has 0 aromatic rings. The molecule has 108 valence electrons. The molecule has 1 amide bonds. The predicted octanol–water partition coefficient (Wildman–Crippen LogP) is 1.55. The zero-order valence-corrected chi connectivity index (χ0v) is 12.0. The first kappa shape index (κ1) is 13.4. The Morgan fingerprint density at radius 3 is 2.74 bits per heavy atom. The highest BCUT2D eigenvalue weighted by Gasteiger charge is 2.45. The molecule has 3 aliphatic rings. The van der Waals surface area contributed by atoms with E-state index in [9.17, 15) is 4.79 Å². The van der Waals surface area contributed by atoms with Crippen LogP contribution < -0.4 is 5.32 Å². The van der Waals surface area contributed by atoms with Crippen molar-refractivity contribution in [3.63, 3.8) is 0 Å². The summed E-state index contributed by atoms with van der Waals surface area (Å²) in [5, 5.41) is 3.51. The molecular formula is C15H26N2O2. The number of piperidine rings is 2. The van der Waals surface area contributed by atoms with Gasteiger partial charge in [-0.1, -0.05) is 0 Å². The molecule has 4 nitrogen and oxygen atoms in total. The van der Waals surface area contributed by atoms with E-state index in [1.165, 1.54) is 19.3 Å². The molecule has 2 unspecified atom stereocenters. The monoisotopic (exact) mass is 266 g/mol. The van der Waals surface area contributed by atoms with Crippen molar-refractivity contribution < 1.29 is 9.53 Å². The maximum atomic E-state index is 12.7. The van der Waals surface area contributed by atoms with Gasteiger partial charge in [0.2, 0.25) is 0 Å². The van der Waals surface area contributed by atoms with Gasteiger partial charge in [0.25, 0.3) is 5.91 Å². The van der Waals surface area contributed by atoms with Gasteiger partial charge in [-0.15, -0.1) is 0 Å². The Hall–Kier alpha value is -0.610. The molecule has 3 rings (SSSR count). The molecule has 0 aromatic heterocycles. The molecule has 2 atom stereocenters. The van der Waals surface area contributed by atoms with Crippen molar-refractivity contribution in [1.82, 2.24) is 10.2 Å². The topological polar surface area (TPSA) is 41.6 Å². The van der Waals surface area contributed by atoms with Crippen LogP contribution in [0, 0.1) is 5.41 Å². The van der Waals surface area contributed by atoms with Crippen molar-refractivity contribution in [2.24, 2.45) is 5.41 Å². The summed E-state index contributed by atoms with van der Waals surface area (Å²) >= 11 is 0. The Balaban J connectivity index is 1.69. The number of ether oxygens (including phenoxy) is 1. The first-order valence-electron chi connectivity index (χ1n) is 7.78. The Labute approximate surface area is 115 Å². The van der Waals surface area contributed by atoms with Crippen molar-refractivity contribution in [2.45, 2.75) is 51.0 Å². The average molecular weight is 266 g/mol. The van der Waals surface area contributed by atoms with Gasteiger partial charge in [0.15, 0.2) is 0 Å². The third kappa shape index (κ3) is 2.52. The van der Waals surface area contributed by atoms with Crippen molar-refractivity contribution in [3.05, 3.63) is 0 Å². The highest BCUT2D eigenvalue weighted by molar-refractivity contribution is 5.85. The van der Waals surface area contributed by atoms with Crippen molar-refractivity contribution in [2.75, 3.05) is 32.8 Å². The molecule has 3 aliphatic heterocycles. The molecule has 0 aromatic carbocycles. The second kappa shape index (κ2) is 5.06. The number of amides is 1. The SMILES string of the molecule is CC1(C(=O)N2CCCC3(CCCNC3)C2)CCCO1. The third-order valence-corrected chi connectivity index (χ3v) is 5.18. The van der Waals surface area contributed by atoms with Gasteiger partial charge in [0.1, 0.15) is 5.60 Å². The van der Waals surface area contributed by atoms with Crippen LogP contribution in [0.1, 0.15) is 45.4 Å². The van der Waals surface area contributed by atoms with E-state index in [4.69, 9.17) is 4.74 Å². The second-order valence-corrected chi connectivity index (χ2v) is 6.79. The van der Waals surface area contributed by atoms with Gasteiger partial charge < -0.3 is 15.0 Å². The summed E-state index contributed by atoms with van der Waals surface area (Å²) < 4.78 is 5.72. The Kier molecular flexibility index (Phi) is 3.56. The Morgan fingerprint density at radius 2 is 2.05 bits per heavy atom. The van der Waals surface area contributed by atoms with Crippen LogP contribution in [0.4, 0.5) is 0 Å². The quantitative estimate of drug-likeness (QED) is 0.783. The normalized spacial score (nSPS) is 39.7. The van der Waals surface area contributed by atoms with E-state index in [0.29, 0.717) is 5.41 Å². The van der Waals surface area contributed by atoms with Crippen LogP contribution in [0.15, 0.2) is 0 Å². The Bertz CT molecular complexity index is 339. The van der Waals surface area contributed by atoms with Crippen LogP contribution in [0.25, 0.3) is 0 Å². The summed E-state index contributed by atoms with van der Waals surface area (Å²) in [6, 6.07) is 0. The number of carbonyl (C=O) groups is 1. The molecule has 0 radical (unpaired) electrons. The highest BCUT2D eigenvalue weighted by Crippen LogP contribution is 2.37. The van der Waals surface area contributed by atoms with E-state index in [1.54, 1.807) is 0 Å². The lowest BCUT2D eigenvalue weighted by atomic mass is 9.74. The van der Waals surface area contributed by atoms with E-state index in [1.807, 2.05) is 6.92 Å². The van der Waals surface area contributed by atoms with E-state index < -0.39 is 5.60 Å². The van der Waals surface area contributed by atoms with E-state index in [0.717, 1.165) is 52.0 Å². The van der Waals surface area contributed by atoms with Gasteiger partial charge in [0, 0.05) is 31.7 Å². The van der Waals surface area contributed by atoms with Crippen LogP contribution >= 0.6 is 0 Å². The third-order valence-electron chi connectivity index (χ3n) is 5.18. The molecule has 3 saturated heterocycles. The summed E-state index contributed by atoms with van der Waals surface area (Å²) in [4.78, 5) is 14.8. The fraction of sp³-hybridized carbons (Fsp3) is 0.933. The van der Waals surface area contributed by atoms with Gasteiger partial charge in [-0.05, 0) is 52.0 Å².